The molecule has 1 aliphatic heterocycles. The molecule has 2 aromatic rings. The number of carbonyl (C=O) groups excluding carboxylic acids is 1. The second-order valence-electron chi connectivity index (χ2n) is 7.38. The number of halogens is 1. The molecule has 27 heavy (non-hydrogen) atoms. The van der Waals surface area contributed by atoms with Gasteiger partial charge in [0.15, 0.2) is 0 Å². The minimum absolute atomic E-state index is 0.00603. The van der Waals surface area contributed by atoms with Crippen molar-refractivity contribution >= 4 is 16.8 Å². The Morgan fingerprint density at radius 1 is 1.37 bits per heavy atom. The lowest BCUT2D eigenvalue weighted by atomic mass is 10.1. The molecule has 1 saturated heterocycles. The number of morpholine rings is 1. The highest BCUT2D eigenvalue weighted by Gasteiger charge is 2.18. The molecule has 1 aliphatic rings. The van der Waals surface area contributed by atoms with Gasteiger partial charge in [0.05, 0.1) is 18.7 Å². The van der Waals surface area contributed by atoms with E-state index >= 15 is 0 Å². The maximum Gasteiger partial charge on any atom is 0.220 e. The predicted molar refractivity (Wildman–Crippen MR) is 105 cm³/mol. The topological polar surface area (TPSA) is 57.4 Å². The van der Waals surface area contributed by atoms with Gasteiger partial charge in [-0.2, -0.15) is 0 Å². The van der Waals surface area contributed by atoms with E-state index in [9.17, 15) is 9.18 Å². The molecule has 1 aromatic carbocycles. The first-order chi connectivity index (χ1) is 13.0. The van der Waals surface area contributed by atoms with Gasteiger partial charge in [-0.15, -0.1) is 0 Å². The Morgan fingerprint density at radius 3 is 2.81 bits per heavy atom. The molecule has 0 radical (unpaired) electrons. The van der Waals surface area contributed by atoms with Crippen molar-refractivity contribution in [3.05, 3.63) is 34.8 Å². The summed E-state index contributed by atoms with van der Waals surface area (Å²) in [5.74, 6) is -0.260. The Labute approximate surface area is 160 Å². The van der Waals surface area contributed by atoms with Crippen molar-refractivity contribution in [2.75, 3.05) is 26.3 Å². The van der Waals surface area contributed by atoms with E-state index < -0.39 is 0 Å². The van der Waals surface area contributed by atoms with Crippen LogP contribution in [0.5, 0.6) is 0 Å². The average molecular weight is 375 g/mol. The fourth-order valence-corrected chi connectivity index (χ4v) is 3.83. The molecule has 1 amide bonds. The number of aromatic amines is 1. The summed E-state index contributed by atoms with van der Waals surface area (Å²) in [6, 6.07) is 3.43. The molecule has 2 heterocycles. The summed E-state index contributed by atoms with van der Waals surface area (Å²) in [7, 11) is 0. The summed E-state index contributed by atoms with van der Waals surface area (Å²) in [6.45, 7) is 9.96. The van der Waals surface area contributed by atoms with E-state index in [1.54, 1.807) is 6.07 Å². The lowest BCUT2D eigenvalue weighted by molar-refractivity contribution is -0.121. The summed E-state index contributed by atoms with van der Waals surface area (Å²) in [6.07, 6.45) is 2.15. The number of nitrogens with one attached hydrogen (secondary N) is 2. The van der Waals surface area contributed by atoms with Crippen molar-refractivity contribution in [1.29, 1.82) is 0 Å². The molecule has 2 N–H and O–H groups in total. The minimum Gasteiger partial charge on any atom is -0.379 e. The zero-order chi connectivity index (χ0) is 19.4. The third kappa shape index (κ3) is 4.68. The number of amides is 1. The number of rotatable bonds is 7. The molecule has 0 saturated carbocycles. The summed E-state index contributed by atoms with van der Waals surface area (Å²) in [5, 5.41) is 3.85. The zero-order valence-corrected chi connectivity index (χ0v) is 16.5. The van der Waals surface area contributed by atoms with Crippen LogP contribution in [0.2, 0.25) is 0 Å². The van der Waals surface area contributed by atoms with E-state index in [4.69, 9.17) is 4.74 Å². The number of carbonyl (C=O) groups is 1. The molecule has 1 aromatic heterocycles. The van der Waals surface area contributed by atoms with Crippen LogP contribution in [0.4, 0.5) is 4.39 Å². The van der Waals surface area contributed by atoms with Crippen molar-refractivity contribution in [3.8, 4) is 0 Å². The second kappa shape index (κ2) is 8.85. The normalized spacial score (nSPS) is 16.6. The number of hydrogen-bond acceptors (Lipinski definition) is 3. The molecule has 0 bridgehead atoms. The van der Waals surface area contributed by atoms with Gasteiger partial charge in [0.25, 0.3) is 0 Å². The van der Waals surface area contributed by atoms with Crippen LogP contribution < -0.4 is 5.32 Å². The monoisotopic (exact) mass is 375 g/mol. The zero-order valence-electron chi connectivity index (χ0n) is 16.5. The SMILES string of the molecule is CCc1[nH]c2c(CNC(=O)CC[C@@H](C)N3CCOCC3)cc(F)cc2c1C. The Hall–Kier alpha value is -1.92. The van der Waals surface area contributed by atoms with Crippen LogP contribution in [0.15, 0.2) is 12.1 Å². The molecular weight excluding hydrogens is 345 g/mol. The van der Waals surface area contributed by atoms with Gasteiger partial charge in [0.2, 0.25) is 5.91 Å². The fourth-order valence-electron chi connectivity index (χ4n) is 3.83. The Balaban J connectivity index is 1.58. The van der Waals surface area contributed by atoms with Crippen LogP contribution in [0.1, 0.15) is 43.5 Å². The number of nitrogens with zero attached hydrogens (tertiary/aromatic N) is 1. The van der Waals surface area contributed by atoms with Gasteiger partial charge in [-0.3, -0.25) is 9.69 Å². The quantitative estimate of drug-likeness (QED) is 0.781. The van der Waals surface area contributed by atoms with Gasteiger partial charge in [0.1, 0.15) is 5.82 Å². The molecule has 0 spiro atoms. The first kappa shape index (κ1) is 19.8. The third-order valence-electron chi connectivity index (χ3n) is 5.61. The maximum atomic E-state index is 14.0. The first-order valence-corrected chi connectivity index (χ1v) is 9.87. The first-order valence-electron chi connectivity index (χ1n) is 9.87. The smallest absolute Gasteiger partial charge is 0.220 e. The highest BCUT2D eigenvalue weighted by atomic mass is 19.1. The van der Waals surface area contributed by atoms with Crippen LogP contribution in [-0.4, -0.2) is 48.1 Å². The van der Waals surface area contributed by atoms with E-state index in [2.05, 4.69) is 29.0 Å². The largest absolute Gasteiger partial charge is 0.379 e. The lowest BCUT2D eigenvalue weighted by Gasteiger charge is -2.32. The maximum absolute atomic E-state index is 14.0. The molecule has 6 heteroatoms. The van der Waals surface area contributed by atoms with E-state index in [0.717, 1.165) is 66.9 Å². The number of aromatic nitrogens is 1. The number of H-pyrrole nitrogens is 1. The third-order valence-corrected chi connectivity index (χ3v) is 5.61. The fraction of sp³-hybridized carbons (Fsp3) is 0.571. The van der Waals surface area contributed by atoms with Crippen LogP contribution in [-0.2, 0) is 22.5 Å². The molecule has 1 atom stereocenters. The highest BCUT2D eigenvalue weighted by molar-refractivity contribution is 5.87. The van der Waals surface area contributed by atoms with Crippen LogP contribution in [0.3, 0.4) is 0 Å². The van der Waals surface area contributed by atoms with Crippen LogP contribution in [0, 0.1) is 12.7 Å². The molecule has 148 valence electrons. The van der Waals surface area contributed by atoms with Gasteiger partial charge >= 0.3 is 0 Å². The van der Waals surface area contributed by atoms with Crippen molar-refractivity contribution < 1.29 is 13.9 Å². The van der Waals surface area contributed by atoms with Gasteiger partial charge in [-0.25, -0.2) is 4.39 Å². The Morgan fingerprint density at radius 2 is 2.11 bits per heavy atom. The number of fused-ring (bicyclic) bond motifs is 1. The average Bonchev–Trinajstić information content (AvgIpc) is 3.00. The van der Waals surface area contributed by atoms with Crippen molar-refractivity contribution in [3.63, 3.8) is 0 Å². The van der Waals surface area contributed by atoms with E-state index in [0.29, 0.717) is 19.0 Å². The number of benzene rings is 1. The molecule has 5 nitrogen and oxygen atoms in total. The van der Waals surface area contributed by atoms with Gasteiger partial charge < -0.3 is 15.0 Å². The summed E-state index contributed by atoms with van der Waals surface area (Å²) in [4.78, 5) is 18.0. The second-order valence-corrected chi connectivity index (χ2v) is 7.38. The van der Waals surface area contributed by atoms with E-state index in [-0.39, 0.29) is 11.7 Å². The van der Waals surface area contributed by atoms with Gasteiger partial charge in [-0.1, -0.05) is 6.92 Å². The molecule has 1 fully saturated rings. The molecule has 0 unspecified atom stereocenters. The molecule has 0 aliphatic carbocycles. The van der Waals surface area contributed by atoms with E-state index in [1.165, 1.54) is 6.07 Å². The number of ether oxygens (including phenoxy) is 1. The van der Waals surface area contributed by atoms with Gasteiger partial charge in [-0.05, 0) is 49.9 Å². The summed E-state index contributed by atoms with van der Waals surface area (Å²) < 4.78 is 19.4. The summed E-state index contributed by atoms with van der Waals surface area (Å²) in [5.41, 5.74) is 3.91. The standard InChI is InChI=1S/C21H30FN3O2/c1-4-19-15(3)18-12-17(22)11-16(21(18)24-19)13-23-20(26)6-5-14(2)25-7-9-27-10-8-25/h11-12,14,24H,4-10,13H2,1-3H3,(H,23,26)/t14-/m1/s1. The van der Waals surface area contributed by atoms with Gasteiger partial charge in [0, 0.05) is 43.2 Å². The number of aryl methyl sites for hydroxylation is 2. The predicted octanol–water partition coefficient (Wildman–Crippen LogP) is 3.29. The molecular formula is C21H30FN3O2. The Kier molecular flexibility index (Phi) is 6.50. The number of hydrogen-bond donors (Lipinski definition) is 2. The minimum atomic E-state index is -0.266. The highest BCUT2D eigenvalue weighted by Crippen LogP contribution is 2.26. The van der Waals surface area contributed by atoms with Crippen molar-refractivity contribution in [2.24, 2.45) is 0 Å². The van der Waals surface area contributed by atoms with Crippen LogP contribution >= 0.6 is 0 Å². The Bertz CT molecular complexity index is 796. The van der Waals surface area contributed by atoms with Crippen molar-refractivity contribution in [1.82, 2.24) is 15.2 Å². The lowest BCUT2D eigenvalue weighted by Crippen LogP contribution is -2.42. The summed E-state index contributed by atoms with van der Waals surface area (Å²) >= 11 is 0. The van der Waals surface area contributed by atoms with E-state index in [1.807, 2.05) is 6.92 Å². The molecule has 3 rings (SSSR count). The van der Waals surface area contributed by atoms with Crippen LogP contribution in [0.25, 0.3) is 10.9 Å². The van der Waals surface area contributed by atoms with Crippen molar-refractivity contribution in [2.45, 2.75) is 52.6 Å².